The highest BCUT2D eigenvalue weighted by molar-refractivity contribution is 5.90. The van der Waals surface area contributed by atoms with Crippen molar-refractivity contribution in [2.45, 2.75) is 12.8 Å². The summed E-state index contributed by atoms with van der Waals surface area (Å²) >= 11 is 0. The number of aliphatic imine (C=N–C) groups is 1. The Morgan fingerprint density at radius 3 is 3.12 bits per heavy atom. The monoisotopic (exact) mass is 233 g/mol. The summed E-state index contributed by atoms with van der Waals surface area (Å²) in [6.45, 7) is 1.56. The van der Waals surface area contributed by atoms with Crippen molar-refractivity contribution in [1.82, 2.24) is 0 Å². The van der Waals surface area contributed by atoms with E-state index < -0.39 is 0 Å². The molecule has 1 aromatic carbocycles. The number of ether oxygens (including phenoxy) is 2. The lowest BCUT2D eigenvalue weighted by atomic mass is 10.1. The van der Waals surface area contributed by atoms with E-state index in [1.165, 1.54) is 7.11 Å². The molecule has 0 aromatic heterocycles. The summed E-state index contributed by atoms with van der Waals surface area (Å²) in [5.74, 6) is 0.427. The summed E-state index contributed by atoms with van der Waals surface area (Å²) < 4.78 is 10.1. The maximum absolute atomic E-state index is 11.4. The smallest absolute Gasteiger partial charge is 0.337 e. The van der Waals surface area contributed by atoms with Crippen LogP contribution in [-0.2, 0) is 15.9 Å². The van der Waals surface area contributed by atoms with Crippen molar-refractivity contribution >= 4 is 11.9 Å². The molecule has 17 heavy (non-hydrogen) atoms. The number of benzene rings is 1. The Bertz CT molecular complexity index is 440. The Morgan fingerprint density at radius 2 is 2.41 bits per heavy atom. The van der Waals surface area contributed by atoms with Crippen molar-refractivity contribution in [3.05, 3.63) is 35.4 Å². The number of carbonyl (C=O) groups excluding carboxylic acids is 1. The number of hydrogen-bond acceptors (Lipinski definition) is 4. The molecule has 0 saturated heterocycles. The van der Waals surface area contributed by atoms with Crippen molar-refractivity contribution in [2.75, 3.05) is 20.3 Å². The molecule has 0 atom stereocenters. The summed E-state index contributed by atoms with van der Waals surface area (Å²) in [7, 11) is 1.38. The zero-order valence-corrected chi connectivity index (χ0v) is 9.81. The Labute approximate surface area is 100 Å². The van der Waals surface area contributed by atoms with Crippen LogP contribution in [0.15, 0.2) is 29.3 Å². The second-order valence-corrected chi connectivity index (χ2v) is 3.85. The van der Waals surface area contributed by atoms with Gasteiger partial charge in [-0.3, -0.25) is 4.99 Å². The van der Waals surface area contributed by atoms with Crippen LogP contribution in [0.3, 0.4) is 0 Å². The lowest BCUT2D eigenvalue weighted by Crippen LogP contribution is -2.16. The molecule has 4 nitrogen and oxygen atoms in total. The lowest BCUT2D eigenvalue weighted by Gasteiger charge is -2.13. The molecule has 0 saturated carbocycles. The van der Waals surface area contributed by atoms with Gasteiger partial charge in [-0.05, 0) is 17.7 Å². The highest BCUT2D eigenvalue weighted by Crippen LogP contribution is 2.10. The Hall–Kier alpha value is -1.84. The quantitative estimate of drug-likeness (QED) is 0.748. The molecule has 4 heteroatoms. The molecule has 0 unspecified atom stereocenters. The fraction of sp³-hybridized carbons (Fsp3) is 0.385. The Kier molecular flexibility index (Phi) is 3.75. The number of methoxy groups -OCH3 is 1. The van der Waals surface area contributed by atoms with Crippen molar-refractivity contribution in [1.29, 1.82) is 0 Å². The van der Waals surface area contributed by atoms with Gasteiger partial charge < -0.3 is 9.47 Å². The lowest BCUT2D eigenvalue weighted by molar-refractivity contribution is 0.0600. The van der Waals surface area contributed by atoms with Gasteiger partial charge in [-0.15, -0.1) is 0 Å². The average molecular weight is 233 g/mol. The first-order chi connectivity index (χ1) is 8.29. The summed E-state index contributed by atoms with van der Waals surface area (Å²) in [4.78, 5) is 15.7. The van der Waals surface area contributed by atoms with E-state index in [2.05, 4.69) is 9.73 Å². The number of rotatable bonds is 3. The molecule has 0 spiro atoms. The average Bonchev–Trinajstić information content (AvgIpc) is 2.39. The molecule has 0 N–H and O–H groups in total. The fourth-order valence-corrected chi connectivity index (χ4v) is 1.71. The molecule has 1 aromatic rings. The minimum atomic E-state index is -0.321. The van der Waals surface area contributed by atoms with Gasteiger partial charge in [0.05, 0.1) is 19.3 Å². The molecule has 1 heterocycles. The zero-order valence-electron chi connectivity index (χ0n) is 9.81. The van der Waals surface area contributed by atoms with Crippen molar-refractivity contribution in [3.8, 4) is 0 Å². The molecule has 0 aliphatic carbocycles. The summed E-state index contributed by atoms with van der Waals surface area (Å²) in [6, 6.07) is 7.34. The fourth-order valence-electron chi connectivity index (χ4n) is 1.71. The largest absolute Gasteiger partial charge is 0.481 e. The third-order valence-electron chi connectivity index (χ3n) is 2.56. The molecular formula is C13H15NO3. The molecule has 0 amide bonds. The second kappa shape index (κ2) is 5.48. The summed E-state index contributed by atoms with van der Waals surface area (Å²) in [5, 5.41) is 0. The first-order valence-electron chi connectivity index (χ1n) is 5.63. The predicted molar refractivity (Wildman–Crippen MR) is 64.4 cm³/mol. The van der Waals surface area contributed by atoms with Gasteiger partial charge in [0.1, 0.15) is 0 Å². The Balaban J connectivity index is 2.10. The van der Waals surface area contributed by atoms with Gasteiger partial charge in [-0.25, -0.2) is 4.79 Å². The van der Waals surface area contributed by atoms with Crippen LogP contribution in [-0.4, -0.2) is 32.1 Å². The van der Waals surface area contributed by atoms with Gasteiger partial charge in [0, 0.05) is 19.4 Å². The van der Waals surface area contributed by atoms with Gasteiger partial charge in [0.25, 0.3) is 0 Å². The summed E-state index contributed by atoms with van der Waals surface area (Å²) in [6.07, 6.45) is 1.61. The number of esters is 1. The molecule has 1 aliphatic rings. The molecule has 0 fully saturated rings. The highest BCUT2D eigenvalue weighted by Gasteiger charge is 2.10. The summed E-state index contributed by atoms with van der Waals surface area (Å²) in [5.41, 5.74) is 1.56. The first kappa shape index (κ1) is 11.6. The zero-order chi connectivity index (χ0) is 12.1. The van der Waals surface area contributed by atoms with Gasteiger partial charge in [-0.2, -0.15) is 0 Å². The van der Waals surface area contributed by atoms with Crippen molar-refractivity contribution in [3.63, 3.8) is 0 Å². The molecular weight excluding hydrogens is 218 g/mol. The van der Waals surface area contributed by atoms with Crippen LogP contribution in [0.25, 0.3) is 0 Å². The normalized spacial score (nSPS) is 14.8. The number of nitrogens with zero attached hydrogens (tertiary/aromatic N) is 1. The third kappa shape index (κ3) is 3.06. The minimum Gasteiger partial charge on any atom is -0.481 e. The van der Waals surface area contributed by atoms with E-state index in [4.69, 9.17) is 4.74 Å². The highest BCUT2D eigenvalue weighted by atomic mass is 16.5. The Morgan fingerprint density at radius 1 is 1.53 bits per heavy atom. The van der Waals surface area contributed by atoms with E-state index in [9.17, 15) is 4.79 Å². The van der Waals surface area contributed by atoms with Gasteiger partial charge in [0.2, 0.25) is 0 Å². The van der Waals surface area contributed by atoms with Crippen LogP contribution in [0.1, 0.15) is 22.3 Å². The van der Waals surface area contributed by atoms with Crippen LogP contribution in [0.2, 0.25) is 0 Å². The van der Waals surface area contributed by atoms with E-state index in [-0.39, 0.29) is 5.97 Å². The topological polar surface area (TPSA) is 47.9 Å². The van der Waals surface area contributed by atoms with E-state index >= 15 is 0 Å². The van der Waals surface area contributed by atoms with Crippen LogP contribution < -0.4 is 0 Å². The maximum atomic E-state index is 11.4. The van der Waals surface area contributed by atoms with Gasteiger partial charge in [-0.1, -0.05) is 12.1 Å². The van der Waals surface area contributed by atoms with Crippen LogP contribution in [0.5, 0.6) is 0 Å². The third-order valence-corrected chi connectivity index (χ3v) is 2.56. The van der Waals surface area contributed by atoms with Crippen molar-refractivity contribution in [2.24, 2.45) is 4.99 Å². The van der Waals surface area contributed by atoms with E-state index in [0.29, 0.717) is 12.0 Å². The molecule has 2 rings (SSSR count). The molecule has 0 bridgehead atoms. The first-order valence-corrected chi connectivity index (χ1v) is 5.63. The standard InChI is InChI=1S/C13H15NO3/c1-16-13(15)11-5-2-4-10(8-11)9-12-14-6-3-7-17-12/h2,4-5,8H,3,6-7,9H2,1H3. The van der Waals surface area contributed by atoms with E-state index in [0.717, 1.165) is 31.0 Å². The van der Waals surface area contributed by atoms with E-state index in [1.807, 2.05) is 18.2 Å². The maximum Gasteiger partial charge on any atom is 0.337 e. The number of hydrogen-bond donors (Lipinski definition) is 0. The van der Waals surface area contributed by atoms with Crippen LogP contribution in [0, 0.1) is 0 Å². The molecule has 1 aliphatic heterocycles. The van der Waals surface area contributed by atoms with Crippen molar-refractivity contribution < 1.29 is 14.3 Å². The van der Waals surface area contributed by atoms with Crippen LogP contribution >= 0.6 is 0 Å². The van der Waals surface area contributed by atoms with Gasteiger partial charge in [0.15, 0.2) is 5.90 Å². The van der Waals surface area contributed by atoms with Gasteiger partial charge >= 0.3 is 5.97 Å². The molecule has 90 valence electrons. The van der Waals surface area contributed by atoms with E-state index in [1.54, 1.807) is 6.07 Å². The second-order valence-electron chi connectivity index (χ2n) is 3.85. The molecule has 0 radical (unpaired) electrons. The minimum absolute atomic E-state index is 0.321. The number of carbonyl (C=O) groups is 1. The van der Waals surface area contributed by atoms with Crippen LogP contribution in [0.4, 0.5) is 0 Å². The SMILES string of the molecule is COC(=O)c1cccc(CC2=NCCCO2)c1. The predicted octanol–water partition coefficient (Wildman–Crippen LogP) is 1.83.